The molecule has 5 nitrogen and oxygen atoms in total. The number of nitrogens with zero attached hydrogens (tertiary/aromatic N) is 2. The van der Waals surface area contributed by atoms with Crippen LogP contribution in [-0.4, -0.2) is 16.0 Å². The highest BCUT2D eigenvalue weighted by molar-refractivity contribution is 7.15. The zero-order valence-corrected chi connectivity index (χ0v) is 12.2. The van der Waals surface area contributed by atoms with Gasteiger partial charge in [-0.2, -0.15) is 0 Å². The van der Waals surface area contributed by atoms with Crippen molar-refractivity contribution in [3.63, 3.8) is 0 Å². The number of aromatic nitrogens is 2. The monoisotopic (exact) mass is 299 g/mol. The van der Waals surface area contributed by atoms with Crippen molar-refractivity contribution in [1.82, 2.24) is 15.5 Å². The number of hydrogen-bond acceptors (Lipinski definition) is 5. The molecule has 2 aromatic heterocycles. The van der Waals surface area contributed by atoms with Crippen molar-refractivity contribution >= 4 is 17.2 Å². The number of aryl methyl sites for hydroxylation is 1. The van der Waals surface area contributed by atoms with Crippen LogP contribution in [0.1, 0.15) is 21.1 Å². The first-order valence-corrected chi connectivity index (χ1v) is 7.26. The van der Waals surface area contributed by atoms with Gasteiger partial charge in [0.15, 0.2) is 0 Å². The number of carbonyl (C=O) groups is 1. The maximum Gasteiger partial charge on any atom is 0.290 e. The van der Waals surface area contributed by atoms with Gasteiger partial charge in [-0.05, 0) is 6.92 Å². The molecule has 0 radical (unpaired) electrons. The number of hydrogen-bond donors (Lipinski definition) is 1. The summed E-state index contributed by atoms with van der Waals surface area (Å²) in [4.78, 5) is 17.4. The lowest BCUT2D eigenvalue weighted by atomic mass is 10.2. The van der Waals surface area contributed by atoms with Crippen LogP contribution in [0, 0.1) is 6.92 Å². The molecule has 2 heterocycles. The molecule has 0 aliphatic rings. The molecule has 0 saturated heterocycles. The summed E-state index contributed by atoms with van der Waals surface area (Å²) in [6, 6.07) is 11.5. The van der Waals surface area contributed by atoms with E-state index in [0.717, 1.165) is 21.1 Å². The number of amides is 1. The molecule has 3 rings (SSSR count). The van der Waals surface area contributed by atoms with Crippen LogP contribution >= 0.6 is 11.3 Å². The lowest BCUT2D eigenvalue weighted by Crippen LogP contribution is -2.22. The molecule has 0 atom stereocenters. The Balaban J connectivity index is 1.72. The maximum atomic E-state index is 11.8. The highest BCUT2D eigenvalue weighted by Crippen LogP contribution is 2.27. The van der Waals surface area contributed by atoms with Gasteiger partial charge in [-0.25, -0.2) is 4.98 Å². The van der Waals surface area contributed by atoms with E-state index in [2.05, 4.69) is 15.5 Å². The van der Waals surface area contributed by atoms with E-state index in [-0.39, 0.29) is 11.7 Å². The summed E-state index contributed by atoms with van der Waals surface area (Å²) < 4.78 is 4.81. The fraction of sp³-hybridized carbons (Fsp3) is 0.133. The minimum absolute atomic E-state index is 0.209. The molecule has 0 spiro atoms. The van der Waals surface area contributed by atoms with Gasteiger partial charge in [0.25, 0.3) is 5.91 Å². The van der Waals surface area contributed by atoms with Gasteiger partial charge >= 0.3 is 0 Å². The molecular weight excluding hydrogens is 286 g/mol. The molecule has 1 amide bonds. The highest BCUT2D eigenvalue weighted by Gasteiger charge is 2.13. The molecule has 1 N–H and O–H groups in total. The normalized spacial score (nSPS) is 10.5. The number of thiazole rings is 1. The Morgan fingerprint density at radius 1 is 1.29 bits per heavy atom. The van der Waals surface area contributed by atoms with Gasteiger partial charge in [0.1, 0.15) is 5.01 Å². The topological polar surface area (TPSA) is 68.0 Å². The Hall–Kier alpha value is -2.47. The third-order valence-electron chi connectivity index (χ3n) is 2.98. The van der Waals surface area contributed by atoms with E-state index in [4.69, 9.17) is 4.52 Å². The van der Waals surface area contributed by atoms with Crippen LogP contribution in [0.5, 0.6) is 0 Å². The predicted octanol–water partition coefficient (Wildman–Crippen LogP) is 3.04. The van der Waals surface area contributed by atoms with E-state index in [9.17, 15) is 4.79 Å². The third kappa shape index (κ3) is 3.00. The summed E-state index contributed by atoms with van der Waals surface area (Å²) in [7, 11) is 0. The Labute approximate surface area is 125 Å². The summed E-state index contributed by atoms with van der Waals surface area (Å²) in [5.74, 6) is -0.0676. The van der Waals surface area contributed by atoms with Crippen molar-refractivity contribution < 1.29 is 9.32 Å². The van der Waals surface area contributed by atoms with E-state index in [0.29, 0.717) is 6.54 Å². The van der Waals surface area contributed by atoms with Gasteiger partial charge in [0.2, 0.25) is 5.76 Å². The first-order chi connectivity index (χ1) is 10.2. The molecule has 0 unspecified atom stereocenters. The first-order valence-electron chi connectivity index (χ1n) is 6.44. The van der Waals surface area contributed by atoms with Gasteiger partial charge in [-0.3, -0.25) is 4.79 Å². The van der Waals surface area contributed by atoms with Crippen LogP contribution in [0.25, 0.3) is 10.6 Å². The first kappa shape index (κ1) is 13.5. The second kappa shape index (κ2) is 5.88. The van der Waals surface area contributed by atoms with Crippen LogP contribution in [0.3, 0.4) is 0 Å². The summed E-state index contributed by atoms with van der Waals surface area (Å²) in [6.07, 6.45) is 1.44. The summed E-state index contributed by atoms with van der Waals surface area (Å²) in [5.41, 5.74) is 2.01. The second-order valence-corrected chi connectivity index (χ2v) is 5.54. The lowest BCUT2D eigenvalue weighted by Gasteiger charge is -2.00. The molecule has 106 valence electrons. The van der Waals surface area contributed by atoms with E-state index in [1.54, 1.807) is 11.3 Å². The SMILES string of the molecule is Cc1nc(-c2ccccc2)sc1CNC(=O)c1ccno1. The van der Waals surface area contributed by atoms with Crippen molar-refractivity contribution in [3.8, 4) is 10.6 Å². The van der Waals surface area contributed by atoms with E-state index in [1.165, 1.54) is 12.3 Å². The third-order valence-corrected chi connectivity index (χ3v) is 4.19. The van der Waals surface area contributed by atoms with Crippen molar-refractivity contribution in [3.05, 3.63) is 58.9 Å². The molecule has 3 aromatic rings. The summed E-state index contributed by atoms with van der Waals surface area (Å²) >= 11 is 1.58. The van der Waals surface area contributed by atoms with E-state index >= 15 is 0 Å². The van der Waals surface area contributed by atoms with E-state index in [1.807, 2.05) is 37.3 Å². The fourth-order valence-corrected chi connectivity index (χ4v) is 2.88. The Morgan fingerprint density at radius 3 is 2.81 bits per heavy atom. The molecule has 1 aromatic carbocycles. The molecule has 0 saturated carbocycles. The quantitative estimate of drug-likeness (QED) is 0.804. The van der Waals surface area contributed by atoms with Gasteiger partial charge < -0.3 is 9.84 Å². The number of nitrogens with one attached hydrogen (secondary N) is 1. The number of rotatable bonds is 4. The molecule has 21 heavy (non-hydrogen) atoms. The van der Waals surface area contributed by atoms with Crippen LogP contribution in [0.4, 0.5) is 0 Å². The van der Waals surface area contributed by atoms with Gasteiger partial charge in [0, 0.05) is 16.5 Å². The molecule has 0 aliphatic heterocycles. The smallest absolute Gasteiger partial charge is 0.290 e. The molecule has 0 aliphatic carbocycles. The van der Waals surface area contributed by atoms with Crippen LogP contribution in [-0.2, 0) is 6.54 Å². The summed E-state index contributed by atoms with van der Waals surface area (Å²) in [6.45, 7) is 2.37. The Kier molecular flexibility index (Phi) is 3.79. The molecule has 6 heteroatoms. The second-order valence-electron chi connectivity index (χ2n) is 4.45. The van der Waals surface area contributed by atoms with Crippen LogP contribution in [0.2, 0.25) is 0 Å². The zero-order chi connectivity index (χ0) is 14.7. The number of carbonyl (C=O) groups excluding carboxylic acids is 1. The van der Waals surface area contributed by atoms with Crippen molar-refractivity contribution in [2.75, 3.05) is 0 Å². The van der Waals surface area contributed by atoms with Crippen molar-refractivity contribution in [2.45, 2.75) is 13.5 Å². The van der Waals surface area contributed by atoms with Crippen molar-refractivity contribution in [1.29, 1.82) is 0 Å². The van der Waals surface area contributed by atoms with Gasteiger partial charge in [0.05, 0.1) is 18.4 Å². The maximum absolute atomic E-state index is 11.8. The largest absolute Gasteiger partial charge is 0.351 e. The predicted molar refractivity (Wildman–Crippen MR) is 80.0 cm³/mol. The standard InChI is InChI=1S/C15H13N3O2S/c1-10-13(9-16-14(19)12-7-8-17-20-12)21-15(18-10)11-5-3-2-4-6-11/h2-8H,9H2,1H3,(H,16,19). The van der Waals surface area contributed by atoms with Crippen LogP contribution < -0.4 is 5.32 Å². The molecule has 0 bridgehead atoms. The molecule has 0 fully saturated rings. The minimum atomic E-state index is -0.276. The zero-order valence-electron chi connectivity index (χ0n) is 11.4. The average Bonchev–Trinajstić information content (AvgIpc) is 3.16. The Bertz CT molecular complexity index is 736. The average molecular weight is 299 g/mol. The van der Waals surface area contributed by atoms with E-state index < -0.39 is 0 Å². The van der Waals surface area contributed by atoms with Gasteiger partial charge in [-0.1, -0.05) is 35.5 Å². The fourth-order valence-electron chi connectivity index (χ4n) is 1.88. The summed E-state index contributed by atoms with van der Waals surface area (Å²) in [5, 5.41) is 7.27. The van der Waals surface area contributed by atoms with Gasteiger partial charge in [-0.15, -0.1) is 11.3 Å². The molecular formula is C15H13N3O2S. The highest BCUT2D eigenvalue weighted by atomic mass is 32.1. The minimum Gasteiger partial charge on any atom is -0.351 e. The number of benzene rings is 1. The lowest BCUT2D eigenvalue weighted by molar-refractivity contribution is 0.0914. The van der Waals surface area contributed by atoms with Crippen molar-refractivity contribution in [2.24, 2.45) is 0 Å². The Morgan fingerprint density at radius 2 is 2.10 bits per heavy atom. The van der Waals surface area contributed by atoms with Crippen LogP contribution in [0.15, 0.2) is 47.1 Å².